The highest BCUT2D eigenvalue weighted by molar-refractivity contribution is 9.10. The highest BCUT2D eigenvalue weighted by Gasteiger charge is 2.10. The fourth-order valence-corrected chi connectivity index (χ4v) is 2.17. The zero-order valence-electron chi connectivity index (χ0n) is 9.83. The van der Waals surface area contributed by atoms with E-state index in [0.29, 0.717) is 23.9 Å². The summed E-state index contributed by atoms with van der Waals surface area (Å²) in [5.74, 6) is 0.675. The lowest BCUT2D eigenvalue weighted by Crippen LogP contribution is -2.35. The smallest absolute Gasteiger partial charge is 0.241 e. The van der Waals surface area contributed by atoms with Crippen LogP contribution in [0.2, 0.25) is 5.02 Å². The van der Waals surface area contributed by atoms with Gasteiger partial charge in [0.05, 0.1) is 16.0 Å². The van der Waals surface area contributed by atoms with Crippen molar-refractivity contribution in [2.24, 2.45) is 0 Å². The lowest BCUT2D eigenvalue weighted by Gasteiger charge is -2.19. The molecule has 0 saturated carbocycles. The van der Waals surface area contributed by atoms with Gasteiger partial charge in [0.1, 0.15) is 5.82 Å². The van der Waals surface area contributed by atoms with Crippen molar-refractivity contribution in [3.8, 4) is 0 Å². The number of nitrogens with one attached hydrogen (secondary N) is 1. The van der Waals surface area contributed by atoms with Crippen molar-refractivity contribution in [2.45, 2.75) is 13.8 Å². The molecule has 94 valence electrons. The number of carbonyl (C=O) groups is 1. The molecule has 1 aromatic rings. The molecule has 0 fully saturated rings. The quantitative estimate of drug-likeness (QED) is 0.907. The first-order valence-corrected chi connectivity index (χ1v) is 6.58. The second kappa shape index (κ2) is 6.81. The van der Waals surface area contributed by atoms with Crippen molar-refractivity contribution >= 4 is 39.3 Å². The Morgan fingerprint density at radius 1 is 1.53 bits per heavy atom. The summed E-state index contributed by atoms with van der Waals surface area (Å²) in [6, 6.07) is 1.73. The van der Waals surface area contributed by atoms with Crippen molar-refractivity contribution in [3.63, 3.8) is 0 Å². The van der Waals surface area contributed by atoms with Gasteiger partial charge in [-0.3, -0.25) is 4.79 Å². The molecule has 1 amide bonds. The van der Waals surface area contributed by atoms with Crippen molar-refractivity contribution in [1.29, 1.82) is 0 Å². The topological polar surface area (TPSA) is 45.2 Å². The summed E-state index contributed by atoms with van der Waals surface area (Å²) in [5, 5.41) is 3.53. The molecule has 0 atom stereocenters. The Morgan fingerprint density at radius 2 is 2.18 bits per heavy atom. The molecule has 1 rings (SSSR count). The molecular formula is C11H15BrClN3O. The van der Waals surface area contributed by atoms with Gasteiger partial charge in [0.25, 0.3) is 0 Å². The average molecular weight is 321 g/mol. The molecule has 0 bridgehead atoms. The van der Waals surface area contributed by atoms with Gasteiger partial charge >= 0.3 is 0 Å². The van der Waals surface area contributed by atoms with E-state index in [2.05, 4.69) is 26.2 Å². The second-order valence-corrected chi connectivity index (χ2v) is 4.69. The number of anilines is 1. The molecule has 6 heteroatoms. The maximum atomic E-state index is 11.8. The Labute approximate surface area is 114 Å². The molecule has 0 saturated heterocycles. The van der Waals surface area contributed by atoms with Gasteiger partial charge < -0.3 is 10.2 Å². The summed E-state index contributed by atoms with van der Waals surface area (Å²) < 4.78 is 0.748. The highest BCUT2D eigenvalue weighted by atomic mass is 79.9. The predicted molar refractivity (Wildman–Crippen MR) is 73.4 cm³/mol. The van der Waals surface area contributed by atoms with Gasteiger partial charge in [-0.25, -0.2) is 4.98 Å². The molecule has 0 aliphatic carbocycles. The SMILES string of the molecule is CCN(CC)C(=O)CNc1ncc(Cl)cc1Br. The molecule has 4 nitrogen and oxygen atoms in total. The number of rotatable bonds is 5. The first-order chi connectivity index (χ1) is 8.08. The number of hydrogen-bond donors (Lipinski definition) is 1. The molecule has 0 radical (unpaired) electrons. The lowest BCUT2D eigenvalue weighted by molar-refractivity contribution is -0.128. The molecule has 0 spiro atoms. The number of carbonyl (C=O) groups excluding carboxylic acids is 1. The van der Waals surface area contributed by atoms with E-state index < -0.39 is 0 Å². The number of amides is 1. The van der Waals surface area contributed by atoms with Crippen LogP contribution in [-0.2, 0) is 4.79 Å². The molecule has 1 aromatic heterocycles. The molecule has 0 aliphatic heterocycles. The van der Waals surface area contributed by atoms with Gasteiger partial charge in [-0.2, -0.15) is 0 Å². The highest BCUT2D eigenvalue weighted by Crippen LogP contribution is 2.22. The zero-order valence-corrected chi connectivity index (χ0v) is 12.2. The normalized spacial score (nSPS) is 10.1. The number of pyridine rings is 1. The number of halogens is 2. The second-order valence-electron chi connectivity index (χ2n) is 3.40. The summed E-state index contributed by atoms with van der Waals surface area (Å²) >= 11 is 9.11. The minimum Gasteiger partial charge on any atom is -0.360 e. The van der Waals surface area contributed by atoms with Crippen LogP contribution in [-0.4, -0.2) is 35.4 Å². The van der Waals surface area contributed by atoms with E-state index >= 15 is 0 Å². The summed E-state index contributed by atoms with van der Waals surface area (Å²) in [6.07, 6.45) is 1.54. The molecule has 0 aliphatic rings. The third-order valence-electron chi connectivity index (χ3n) is 2.33. The molecule has 1 heterocycles. The van der Waals surface area contributed by atoms with Crippen LogP contribution in [0.1, 0.15) is 13.8 Å². The van der Waals surface area contributed by atoms with E-state index in [1.165, 1.54) is 6.20 Å². The van der Waals surface area contributed by atoms with Crippen LogP contribution in [0.15, 0.2) is 16.7 Å². The van der Waals surface area contributed by atoms with Gasteiger partial charge in [0.2, 0.25) is 5.91 Å². The summed E-state index contributed by atoms with van der Waals surface area (Å²) in [7, 11) is 0. The first-order valence-electron chi connectivity index (χ1n) is 5.41. The van der Waals surface area contributed by atoms with Crippen molar-refractivity contribution in [2.75, 3.05) is 25.0 Å². The van der Waals surface area contributed by atoms with Crippen LogP contribution in [0.25, 0.3) is 0 Å². The minimum absolute atomic E-state index is 0.0543. The van der Waals surface area contributed by atoms with E-state index in [-0.39, 0.29) is 12.5 Å². The van der Waals surface area contributed by atoms with Crippen LogP contribution in [0, 0.1) is 0 Å². The monoisotopic (exact) mass is 319 g/mol. The lowest BCUT2D eigenvalue weighted by atomic mass is 10.4. The Hall–Kier alpha value is -0.810. The van der Waals surface area contributed by atoms with Gasteiger partial charge in [0.15, 0.2) is 0 Å². The fraction of sp³-hybridized carbons (Fsp3) is 0.455. The largest absolute Gasteiger partial charge is 0.360 e. The van der Waals surface area contributed by atoms with Crippen LogP contribution in [0.5, 0.6) is 0 Å². The maximum absolute atomic E-state index is 11.8. The van der Waals surface area contributed by atoms with Gasteiger partial charge in [-0.1, -0.05) is 11.6 Å². The van der Waals surface area contributed by atoms with Gasteiger partial charge in [-0.05, 0) is 35.8 Å². The summed E-state index contributed by atoms with van der Waals surface area (Å²) in [5.41, 5.74) is 0. The number of likely N-dealkylation sites (N-methyl/N-ethyl adjacent to an activating group) is 1. The van der Waals surface area contributed by atoms with Crippen molar-refractivity contribution in [3.05, 3.63) is 21.8 Å². The standard InChI is InChI=1S/C11H15BrClN3O/c1-3-16(4-2)10(17)7-15-11-9(12)5-8(13)6-14-11/h5-6H,3-4,7H2,1-2H3,(H,14,15). The summed E-state index contributed by atoms with van der Waals surface area (Å²) in [4.78, 5) is 17.6. The van der Waals surface area contributed by atoms with Gasteiger partial charge in [0, 0.05) is 19.3 Å². The third kappa shape index (κ3) is 4.16. The van der Waals surface area contributed by atoms with E-state index in [1.54, 1.807) is 11.0 Å². The fourth-order valence-electron chi connectivity index (χ4n) is 1.39. The number of hydrogen-bond acceptors (Lipinski definition) is 3. The Morgan fingerprint density at radius 3 is 2.71 bits per heavy atom. The molecule has 0 unspecified atom stereocenters. The average Bonchev–Trinajstić information content (AvgIpc) is 2.29. The van der Waals surface area contributed by atoms with Crippen LogP contribution in [0.4, 0.5) is 5.82 Å². The van der Waals surface area contributed by atoms with E-state index in [0.717, 1.165) is 4.47 Å². The minimum atomic E-state index is 0.0543. The molecule has 0 aromatic carbocycles. The van der Waals surface area contributed by atoms with Crippen molar-refractivity contribution in [1.82, 2.24) is 9.88 Å². The number of aromatic nitrogens is 1. The molecular weight excluding hydrogens is 305 g/mol. The molecule has 17 heavy (non-hydrogen) atoms. The maximum Gasteiger partial charge on any atom is 0.241 e. The Balaban J connectivity index is 2.58. The summed E-state index contributed by atoms with van der Waals surface area (Å²) in [6.45, 7) is 5.57. The Kier molecular flexibility index (Phi) is 5.71. The Bertz CT molecular complexity index is 396. The first kappa shape index (κ1) is 14.3. The van der Waals surface area contributed by atoms with Crippen LogP contribution >= 0.6 is 27.5 Å². The third-order valence-corrected chi connectivity index (χ3v) is 3.14. The zero-order chi connectivity index (χ0) is 12.8. The number of nitrogens with zero attached hydrogens (tertiary/aromatic N) is 2. The van der Waals surface area contributed by atoms with Crippen LogP contribution in [0.3, 0.4) is 0 Å². The van der Waals surface area contributed by atoms with Gasteiger partial charge in [-0.15, -0.1) is 0 Å². The van der Waals surface area contributed by atoms with Crippen molar-refractivity contribution < 1.29 is 4.79 Å². The predicted octanol–water partition coefficient (Wildman–Crippen LogP) is 2.78. The van der Waals surface area contributed by atoms with E-state index in [4.69, 9.17) is 11.6 Å². The molecule has 1 N–H and O–H groups in total. The van der Waals surface area contributed by atoms with E-state index in [9.17, 15) is 4.79 Å². The van der Waals surface area contributed by atoms with E-state index in [1.807, 2.05) is 13.8 Å². The van der Waals surface area contributed by atoms with Crippen LogP contribution < -0.4 is 5.32 Å².